The normalized spacial score (nSPS) is 16.7. The number of halogens is 1. The first-order valence-electron chi connectivity index (χ1n) is 7.82. The molecule has 1 aromatic heterocycles. The molecule has 3 rings (SSSR count). The van der Waals surface area contributed by atoms with E-state index in [0.717, 1.165) is 55.5 Å². The number of hydrogen-bond donors (Lipinski definition) is 0. The van der Waals surface area contributed by atoms with Crippen LogP contribution in [0.2, 0.25) is 0 Å². The molecule has 0 spiro atoms. The highest BCUT2D eigenvalue weighted by molar-refractivity contribution is 7.09. The van der Waals surface area contributed by atoms with E-state index in [4.69, 9.17) is 4.74 Å². The van der Waals surface area contributed by atoms with E-state index in [0.29, 0.717) is 5.75 Å². The molecule has 1 aliphatic heterocycles. The second kappa shape index (κ2) is 7.38. The summed E-state index contributed by atoms with van der Waals surface area (Å²) in [6.45, 7) is 7.79. The smallest absolute Gasteiger partial charge is 0.165 e. The molecule has 0 amide bonds. The van der Waals surface area contributed by atoms with E-state index in [1.807, 2.05) is 13.0 Å². The molecule has 23 heavy (non-hydrogen) atoms. The van der Waals surface area contributed by atoms with Gasteiger partial charge in [0.15, 0.2) is 11.6 Å². The van der Waals surface area contributed by atoms with Crippen molar-refractivity contribution in [3.8, 4) is 5.75 Å². The summed E-state index contributed by atoms with van der Waals surface area (Å²) in [7, 11) is 1.49. The lowest BCUT2D eigenvalue weighted by molar-refractivity contribution is 0.121. The molecule has 0 atom stereocenters. The Morgan fingerprint density at radius 3 is 2.43 bits per heavy atom. The van der Waals surface area contributed by atoms with Crippen LogP contribution in [0.3, 0.4) is 0 Å². The molecule has 0 unspecified atom stereocenters. The van der Waals surface area contributed by atoms with Gasteiger partial charge in [-0.1, -0.05) is 6.07 Å². The number of benzene rings is 1. The van der Waals surface area contributed by atoms with Gasteiger partial charge in [0.1, 0.15) is 0 Å². The third-order valence-corrected chi connectivity index (χ3v) is 4.96. The van der Waals surface area contributed by atoms with Gasteiger partial charge in [-0.05, 0) is 24.6 Å². The molecule has 6 heteroatoms. The van der Waals surface area contributed by atoms with E-state index in [-0.39, 0.29) is 5.82 Å². The van der Waals surface area contributed by atoms with E-state index in [2.05, 4.69) is 20.2 Å². The van der Waals surface area contributed by atoms with Crippen molar-refractivity contribution in [2.24, 2.45) is 0 Å². The predicted octanol–water partition coefficient (Wildman–Crippen LogP) is 2.92. The summed E-state index contributed by atoms with van der Waals surface area (Å²) >= 11 is 1.71. The first-order chi connectivity index (χ1) is 11.1. The van der Waals surface area contributed by atoms with Crippen LogP contribution in [0.15, 0.2) is 23.6 Å². The van der Waals surface area contributed by atoms with Crippen LogP contribution in [0, 0.1) is 12.7 Å². The third-order valence-electron chi connectivity index (χ3n) is 4.14. The van der Waals surface area contributed by atoms with E-state index in [1.165, 1.54) is 7.11 Å². The number of nitrogens with zero attached hydrogens (tertiary/aromatic N) is 3. The fourth-order valence-electron chi connectivity index (χ4n) is 2.88. The Morgan fingerprint density at radius 1 is 1.17 bits per heavy atom. The van der Waals surface area contributed by atoms with Crippen LogP contribution in [0.25, 0.3) is 0 Å². The van der Waals surface area contributed by atoms with Crippen molar-refractivity contribution in [2.45, 2.75) is 20.0 Å². The number of ether oxygens (including phenoxy) is 1. The monoisotopic (exact) mass is 335 g/mol. The Balaban J connectivity index is 1.50. The van der Waals surface area contributed by atoms with Gasteiger partial charge in [-0.3, -0.25) is 9.80 Å². The fraction of sp³-hybridized carbons (Fsp3) is 0.471. The molecule has 4 nitrogen and oxygen atoms in total. The molecule has 0 aliphatic carbocycles. The zero-order chi connectivity index (χ0) is 16.2. The molecule has 1 aromatic carbocycles. The van der Waals surface area contributed by atoms with Crippen LogP contribution in [0.4, 0.5) is 4.39 Å². The van der Waals surface area contributed by atoms with Crippen molar-refractivity contribution in [3.05, 3.63) is 45.7 Å². The van der Waals surface area contributed by atoms with Gasteiger partial charge in [0.05, 0.1) is 17.8 Å². The Morgan fingerprint density at radius 2 is 1.87 bits per heavy atom. The van der Waals surface area contributed by atoms with Gasteiger partial charge in [0, 0.05) is 44.6 Å². The lowest BCUT2D eigenvalue weighted by Gasteiger charge is -2.34. The van der Waals surface area contributed by atoms with Crippen LogP contribution in [-0.4, -0.2) is 48.1 Å². The summed E-state index contributed by atoms with van der Waals surface area (Å²) in [5, 5.41) is 3.27. The van der Waals surface area contributed by atoms with Crippen molar-refractivity contribution >= 4 is 11.3 Å². The zero-order valence-corrected chi connectivity index (χ0v) is 14.4. The van der Waals surface area contributed by atoms with Crippen LogP contribution in [-0.2, 0) is 13.1 Å². The summed E-state index contributed by atoms with van der Waals surface area (Å²) in [6, 6.07) is 5.21. The third kappa shape index (κ3) is 4.28. The molecule has 124 valence electrons. The van der Waals surface area contributed by atoms with Gasteiger partial charge in [-0.2, -0.15) is 0 Å². The van der Waals surface area contributed by atoms with Gasteiger partial charge in [0.2, 0.25) is 0 Å². The standard InChI is InChI=1S/C17H22FN3OS/c1-13-19-15(12-23-13)11-21-7-5-20(6-8-21)10-14-3-4-17(22-2)16(18)9-14/h3-4,9,12H,5-8,10-11H2,1-2H3. The van der Waals surface area contributed by atoms with Gasteiger partial charge in [-0.15, -0.1) is 11.3 Å². The van der Waals surface area contributed by atoms with Gasteiger partial charge >= 0.3 is 0 Å². The molecule has 0 radical (unpaired) electrons. The maximum absolute atomic E-state index is 13.8. The van der Waals surface area contributed by atoms with Crippen molar-refractivity contribution in [1.29, 1.82) is 0 Å². The number of piperazine rings is 1. The fourth-order valence-corrected chi connectivity index (χ4v) is 3.49. The van der Waals surface area contributed by atoms with E-state index < -0.39 is 0 Å². The van der Waals surface area contributed by atoms with Crippen molar-refractivity contribution in [2.75, 3.05) is 33.3 Å². The van der Waals surface area contributed by atoms with Crippen LogP contribution in [0.1, 0.15) is 16.3 Å². The molecule has 0 N–H and O–H groups in total. The molecule has 2 heterocycles. The van der Waals surface area contributed by atoms with Gasteiger partial charge < -0.3 is 4.74 Å². The highest BCUT2D eigenvalue weighted by Crippen LogP contribution is 2.19. The van der Waals surface area contributed by atoms with Crippen LogP contribution in [0.5, 0.6) is 5.75 Å². The van der Waals surface area contributed by atoms with Crippen molar-refractivity contribution < 1.29 is 9.13 Å². The molecule has 0 saturated carbocycles. The average molecular weight is 335 g/mol. The maximum atomic E-state index is 13.8. The van der Waals surface area contributed by atoms with E-state index in [1.54, 1.807) is 23.5 Å². The number of aryl methyl sites for hydroxylation is 1. The number of rotatable bonds is 5. The number of thiazole rings is 1. The van der Waals surface area contributed by atoms with Crippen LogP contribution < -0.4 is 4.74 Å². The first kappa shape index (κ1) is 16.4. The Hall–Kier alpha value is -1.50. The van der Waals surface area contributed by atoms with E-state index in [9.17, 15) is 4.39 Å². The molecule has 1 aliphatic rings. The SMILES string of the molecule is COc1ccc(CN2CCN(Cc3csc(C)n3)CC2)cc1F. The second-order valence-corrected chi connectivity index (χ2v) is 6.94. The minimum Gasteiger partial charge on any atom is -0.494 e. The quantitative estimate of drug-likeness (QED) is 0.840. The maximum Gasteiger partial charge on any atom is 0.165 e. The van der Waals surface area contributed by atoms with Crippen molar-refractivity contribution in [3.63, 3.8) is 0 Å². The molecular formula is C17H22FN3OS. The number of hydrogen-bond acceptors (Lipinski definition) is 5. The number of methoxy groups -OCH3 is 1. The lowest BCUT2D eigenvalue weighted by atomic mass is 10.2. The zero-order valence-electron chi connectivity index (χ0n) is 13.6. The van der Waals surface area contributed by atoms with Gasteiger partial charge in [0.25, 0.3) is 0 Å². The molecule has 0 bridgehead atoms. The van der Waals surface area contributed by atoms with E-state index >= 15 is 0 Å². The van der Waals surface area contributed by atoms with Crippen molar-refractivity contribution in [1.82, 2.24) is 14.8 Å². The highest BCUT2D eigenvalue weighted by Gasteiger charge is 2.18. The topological polar surface area (TPSA) is 28.6 Å². The summed E-state index contributed by atoms with van der Waals surface area (Å²) in [6.07, 6.45) is 0. The minimum atomic E-state index is -0.289. The summed E-state index contributed by atoms with van der Waals surface area (Å²) in [5.41, 5.74) is 2.16. The Kier molecular flexibility index (Phi) is 5.25. The van der Waals surface area contributed by atoms with Crippen LogP contribution >= 0.6 is 11.3 Å². The molecule has 1 saturated heterocycles. The molecule has 1 fully saturated rings. The Bertz CT molecular complexity index is 653. The number of aromatic nitrogens is 1. The lowest BCUT2D eigenvalue weighted by Crippen LogP contribution is -2.45. The second-order valence-electron chi connectivity index (χ2n) is 5.88. The largest absolute Gasteiger partial charge is 0.494 e. The summed E-state index contributed by atoms with van der Waals surface area (Å²) in [4.78, 5) is 9.32. The highest BCUT2D eigenvalue weighted by atomic mass is 32.1. The average Bonchev–Trinajstić information content (AvgIpc) is 2.95. The molecular weight excluding hydrogens is 313 g/mol. The summed E-state index contributed by atoms with van der Waals surface area (Å²) in [5.74, 6) is 0.0136. The summed E-state index contributed by atoms with van der Waals surface area (Å²) < 4.78 is 18.7. The predicted molar refractivity (Wildman–Crippen MR) is 90.4 cm³/mol. The molecule has 2 aromatic rings. The first-order valence-corrected chi connectivity index (χ1v) is 8.70. The van der Waals surface area contributed by atoms with Gasteiger partial charge in [-0.25, -0.2) is 9.37 Å². The minimum absolute atomic E-state index is 0.289. The Labute approximate surface area is 140 Å².